The normalized spacial score (nSPS) is 10.7. The van der Waals surface area contributed by atoms with Crippen molar-refractivity contribution < 1.29 is 9.18 Å². The summed E-state index contributed by atoms with van der Waals surface area (Å²) in [5.74, 6) is 6.35. The minimum atomic E-state index is -0.263. The van der Waals surface area contributed by atoms with Gasteiger partial charge in [-0.1, -0.05) is 54.2 Å². The Balaban J connectivity index is 1.52. The molecule has 2 aromatic carbocycles. The van der Waals surface area contributed by atoms with E-state index in [1.807, 2.05) is 31.2 Å². The number of nitrogen functional groups attached to an aromatic ring is 1. The molecule has 27 heavy (non-hydrogen) atoms. The first-order valence-corrected chi connectivity index (χ1v) is 9.44. The van der Waals surface area contributed by atoms with Crippen LogP contribution in [0.2, 0.25) is 0 Å². The van der Waals surface area contributed by atoms with Gasteiger partial charge in [0, 0.05) is 12.1 Å². The first-order chi connectivity index (χ1) is 13.1. The molecule has 0 aliphatic rings. The number of halogens is 1. The Hall–Kier alpha value is -2.87. The zero-order chi connectivity index (χ0) is 19.2. The molecular weight excluding hydrogens is 365 g/mol. The molecule has 1 amide bonds. The summed E-state index contributed by atoms with van der Waals surface area (Å²) in [5, 5.41) is 11.4. The lowest BCUT2D eigenvalue weighted by Crippen LogP contribution is -2.27. The van der Waals surface area contributed by atoms with Gasteiger partial charge in [-0.3, -0.25) is 4.79 Å². The van der Waals surface area contributed by atoms with E-state index < -0.39 is 0 Å². The minimum Gasteiger partial charge on any atom is -0.355 e. The van der Waals surface area contributed by atoms with Gasteiger partial charge in [0.15, 0.2) is 5.82 Å². The summed E-state index contributed by atoms with van der Waals surface area (Å²) in [7, 11) is 0. The quantitative estimate of drug-likeness (QED) is 0.482. The van der Waals surface area contributed by atoms with Crippen molar-refractivity contribution in [3.05, 3.63) is 65.5 Å². The number of amides is 1. The summed E-state index contributed by atoms with van der Waals surface area (Å²) < 4.78 is 14.9. The van der Waals surface area contributed by atoms with Crippen molar-refractivity contribution >= 4 is 17.7 Å². The molecule has 140 valence electrons. The largest absolute Gasteiger partial charge is 0.355 e. The molecule has 0 unspecified atom stereocenters. The molecule has 0 atom stereocenters. The molecule has 0 radical (unpaired) electrons. The fourth-order valence-corrected chi connectivity index (χ4v) is 3.29. The number of thioether (sulfide) groups is 1. The van der Waals surface area contributed by atoms with E-state index >= 15 is 0 Å². The number of rotatable bonds is 7. The van der Waals surface area contributed by atoms with Gasteiger partial charge in [-0.25, -0.2) is 9.07 Å². The highest BCUT2D eigenvalue weighted by molar-refractivity contribution is 7.99. The maximum absolute atomic E-state index is 13.5. The highest BCUT2D eigenvalue weighted by Gasteiger charge is 2.15. The monoisotopic (exact) mass is 385 g/mol. The molecule has 0 bridgehead atoms. The van der Waals surface area contributed by atoms with E-state index in [0.29, 0.717) is 29.5 Å². The van der Waals surface area contributed by atoms with Crippen molar-refractivity contribution in [2.24, 2.45) is 0 Å². The van der Waals surface area contributed by atoms with Gasteiger partial charge in [0.05, 0.1) is 5.75 Å². The van der Waals surface area contributed by atoms with Crippen LogP contribution in [0.5, 0.6) is 0 Å². The van der Waals surface area contributed by atoms with Crippen LogP contribution < -0.4 is 11.2 Å². The van der Waals surface area contributed by atoms with Crippen molar-refractivity contribution in [3.8, 4) is 11.4 Å². The Kier molecular flexibility index (Phi) is 6.08. The van der Waals surface area contributed by atoms with Crippen LogP contribution in [-0.4, -0.2) is 33.1 Å². The van der Waals surface area contributed by atoms with E-state index in [9.17, 15) is 9.18 Å². The lowest BCUT2D eigenvalue weighted by atomic mass is 10.1. The number of benzene rings is 2. The number of carbonyl (C=O) groups is 1. The molecular formula is C19H20FN5OS. The van der Waals surface area contributed by atoms with E-state index in [1.54, 1.807) is 18.2 Å². The van der Waals surface area contributed by atoms with Crippen LogP contribution in [0.15, 0.2) is 53.7 Å². The molecule has 0 aliphatic heterocycles. The third kappa shape index (κ3) is 4.65. The van der Waals surface area contributed by atoms with Crippen molar-refractivity contribution in [1.82, 2.24) is 20.2 Å². The van der Waals surface area contributed by atoms with Gasteiger partial charge < -0.3 is 11.2 Å². The lowest BCUT2D eigenvalue weighted by Gasteiger charge is -2.07. The van der Waals surface area contributed by atoms with Crippen LogP contribution in [0.3, 0.4) is 0 Å². The third-order valence-corrected chi connectivity index (χ3v) is 5.00. The first-order valence-electron chi connectivity index (χ1n) is 8.45. The van der Waals surface area contributed by atoms with Gasteiger partial charge in [0.1, 0.15) is 5.82 Å². The standard InChI is InChI=1S/C19H20FN5OS/c1-13-6-2-4-8-15(13)18-23-24-19(25(18)21)27-12-17(26)22-11-10-14-7-3-5-9-16(14)20/h2-9H,10-12,21H2,1H3,(H,22,26). The van der Waals surface area contributed by atoms with Crippen LogP contribution in [0.4, 0.5) is 4.39 Å². The highest BCUT2D eigenvalue weighted by Crippen LogP contribution is 2.23. The Morgan fingerprint density at radius 3 is 2.70 bits per heavy atom. The molecule has 0 spiro atoms. The van der Waals surface area contributed by atoms with Crippen LogP contribution in [0, 0.1) is 12.7 Å². The summed E-state index contributed by atoms with van der Waals surface area (Å²) in [6.07, 6.45) is 0.438. The fraction of sp³-hybridized carbons (Fsp3) is 0.211. The van der Waals surface area contributed by atoms with Crippen molar-refractivity contribution in [2.45, 2.75) is 18.5 Å². The summed E-state index contributed by atoms with van der Waals surface area (Å²) in [6, 6.07) is 14.3. The number of nitrogens with two attached hydrogens (primary N) is 1. The van der Waals surface area contributed by atoms with E-state index in [-0.39, 0.29) is 17.5 Å². The van der Waals surface area contributed by atoms with Gasteiger partial charge >= 0.3 is 0 Å². The Bertz CT molecular complexity index is 943. The zero-order valence-corrected chi connectivity index (χ0v) is 15.7. The van der Waals surface area contributed by atoms with Crippen LogP contribution in [-0.2, 0) is 11.2 Å². The smallest absolute Gasteiger partial charge is 0.230 e. The second-order valence-electron chi connectivity index (χ2n) is 5.97. The van der Waals surface area contributed by atoms with Crippen LogP contribution in [0.25, 0.3) is 11.4 Å². The minimum absolute atomic E-state index is 0.153. The Morgan fingerprint density at radius 2 is 1.93 bits per heavy atom. The lowest BCUT2D eigenvalue weighted by molar-refractivity contribution is -0.118. The van der Waals surface area contributed by atoms with Crippen molar-refractivity contribution in [2.75, 3.05) is 18.1 Å². The van der Waals surface area contributed by atoms with Gasteiger partial charge in [0.2, 0.25) is 11.1 Å². The Morgan fingerprint density at radius 1 is 1.19 bits per heavy atom. The predicted octanol–water partition coefficient (Wildman–Crippen LogP) is 2.56. The number of hydrogen-bond donors (Lipinski definition) is 2. The van der Waals surface area contributed by atoms with Crippen LogP contribution >= 0.6 is 11.8 Å². The summed E-state index contributed by atoms with van der Waals surface area (Å²) in [6.45, 7) is 2.34. The fourth-order valence-electron chi connectivity index (χ4n) is 2.60. The molecule has 1 heterocycles. The van der Waals surface area contributed by atoms with Crippen LogP contribution in [0.1, 0.15) is 11.1 Å². The SMILES string of the molecule is Cc1ccccc1-c1nnc(SCC(=O)NCCc2ccccc2F)n1N. The Labute approximate surface area is 161 Å². The maximum Gasteiger partial charge on any atom is 0.230 e. The predicted molar refractivity (Wildman–Crippen MR) is 104 cm³/mol. The van der Waals surface area contributed by atoms with E-state index in [2.05, 4.69) is 15.5 Å². The first kappa shape index (κ1) is 18.9. The molecule has 0 saturated carbocycles. The number of nitrogens with one attached hydrogen (secondary N) is 1. The number of nitrogens with zero attached hydrogens (tertiary/aromatic N) is 3. The van der Waals surface area contributed by atoms with Gasteiger partial charge in [-0.15, -0.1) is 10.2 Å². The second-order valence-corrected chi connectivity index (χ2v) is 6.91. The number of aryl methyl sites for hydroxylation is 1. The molecule has 3 aromatic rings. The average Bonchev–Trinajstić information content (AvgIpc) is 3.02. The number of hydrogen-bond acceptors (Lipinski definition) is 5. The maximum atomic E-state index is 13.5. The summed E-state index contributed by atoms with van der Waals surface area (Å²) in [4.78, 5) is 12.0. The van der Waals surface area contributed by atoms with Crippen molar-refractivity contribution in [3.63, 3.8) is 0 Å². The topological polar surface area (TPSA) is 85.8 Å². The molecule has 3 N–H and O–H groups in total. The van der Waals surface area contributed by atoms with Crippen molar-refractivity contribution in [1.29, 1.82) is 0 Å². The zero-order valence-electron chi connectivity index (χ0n) is 14.9. The number of carbonyl (C=O) groups excluding carboxylic acids is 1. The molecule has 8 heteroatoms. The molecule has 0 fully saturated rings. The van der Waals surface area contributed by atoms with Gasteiger partial charge in [-0.05, 0) is 30.5 Å². The third-order valence-electron chi connectivity index (χ3n) is 4.06. The molecule has 6 nitrogen and oxygen atoms in total. The van der Waals surface area contributed by atoms with Gasteiger partial charge in [0.25, 0.3) is 0 Å². The number of aromatic nitrogens is 3. The van der Waals surface area contributed by atoms with E-state index in [1.165, 1.54) is 22.5 Å². The molecule has 1 aromatic heterocycles. The molecule has 3 rings (SSSR count). The second kappa shape index (κ2) is 8.68. The molecule has 0 aliphatic carbocycles. The molecule has 0 saturated heterocycles. The summed E-state index contributed by atoms with van der Waals surface area (Å²) in [5.41, 5.74) is 2.52. The van der Waals surface area contributed by atoms with Gasteiger partial charge in [-0.2, -0.15) is 0 Å². The van der Waals surface area contributed by atoms with E-state index in [0.717, 1.165) is 11.1 Å². The highest BCUT2D eigenvalue weighted by atomic mass is 32.2. The van der Waals surface area contributed by atoms with E-state index in [4.69, 9.17) is 5.84 Å². The summed E-state index contributed by atoms with van der Waals surface area (Å²) >= 11 is 1.20. The average molecular weight is 385 g/mol.